The number of nitrogens with zero attached hydrogens (tertiary/aromatic N) is 2. The second-order valence-corrected chi connectivity index (χ2v) is 5.41. The third kappa shape index (κ3) is 2.98. The van der Waals surface area contributed by atoms with Gasteiger partial charge in [0.15, 0.2) is 0 Å². The van der Waals surface area contributed by atoms with E-state index in [4.69, 9.17) is 4.74 Å². The Labute approximate surface area is 113 Å². The standard InChI is InChI=1S/C14H21N3O2/c18-14(13-2-1-4-15-13)17-7-5-16(6-8-17)10-12-3-9-19-11-12/h1-2,4,12,15H,3,5-11H2/t12-/m0/s1. The summed E-state index contributed by atoms with van der Waals surface area (Å²) in [6.45, 7) is 6.53. The first-order chi connectivity index (χ1) is 9.33. The Balaban J connectivity index is 1.47. The summed E-state index contributed by atoms with van der Waals surface area (Å²) in [5.41, 5.74) is 0.692. The number of carbonyl (C=O) groups excluding carboxylic acids is 1. The number of amides is 1. The first kappa shape index (κ1) is 12.7. The highest BCUT2D eigenvalue weighted by molar-refractivity contribution is 5.92. The Morgan fingerprint density at radius 3 is 2.84 bits per heavy atom. The lowest BCUT2D eigenvalue weighted by atomic mass is 10.1. The van der Waals surface area contributed by atoms with E-state index in [0.717, 1.165) is 45.9 Å². The van der Waals surface area contributed by atoms with Crippen molar-refractivity contribution < 1.29 is 9.53 Å². The maximum atomic E-state index is 12.2. The molecular formula is C14H21N3O2. The first-order valence-corrected chi connectivity index (χ1v) is 7.05. The zero-order valence-corrected chi connectivity index (χ0v) is 11.2. The minimum Gasteiger partial charge on any atom is -0.381 e. The maximum absolute atomic E-state index is 12.2. The molecule has 0 spiro atoms. The minimum absolute atomic E-state index is 0.119. The zero-order chi connectivity index (χ0) is 13.1. The molecule has 0 unspecified atom stereocenters. The molecule has 1 atom stereocenters. The number of ether oxygens (including phenoxy) is 1. The molecule has 0 aromatic carbocycles. The molecule has 1 aromatic rings. The van der Waals surface area contributed by atoms with Gasteiger partial charge >= 0.3 is 0 Å². The fourth-order valence-electron chi connectivity index (χ4n) is 2.86. The third-order valence-electron chi connectivity index (χ3n) is 4.03. The van der Waals surface area contributed by atoms with Crippen molar-refractivity contribution in [3.8, 4) is 0 Å². The van der Waals surface area contributed by atoms with Gasteiger partial charge in [-0.3, -0.25) is 9.69 Å². The fourth-order valence-corrected chi connectivity index (χ4v) is 2.86. The van der Waals surface area contributed by atoms with Crippen LogP contribution in [0.4, 0.5) is 0 Å². The lowest BCUT2D eigenvalue weighted by molar-refractivity contribution is 0.0606. The van der Waals surface area contributed by atoms with Gasteiger partial charge in [-0.25, -0.2) is 0 Å². The monoisotopic (exact) mass is 263 g/mol. The summed E-state index contributed by atoms with van der Waals surface area (Å²) in [6.07, 6.45) is 2.98. The molecule has 1 N–H and O–H groups in total. The van der Waals surface area contributed by atoms with E-state index >= 15 is 0 Å². The van der Waals surface area contributed by atoms with Crippen LogP contribution in [0.25, 0.3) is 0 Å². The Hall–Kier alpha value is -1.33. The van der Waals surface area contributed by atoms with Gasteiger partial charge in [-0.15, -0.1) is 0 Å². The highest BCUT2D eigenvalue weighted by atomic mass is 16.5. The number of aromatic nitrogens is 1. The summed E-state index contributed by atoms with van der Waals surface area (Å²) in [7, 11) is 0. The SMILES string of the molecule is O=C(c1ccc[nH]1)N1CCN(C[C@@H]2CCOC2)CC1. The average Bonchev–Trinajstić information content (AvgIpc) is 3.12. The van der Waals surface area contributed by atoms with E-state index in [-0.39, 0.29) is 5.91 Å². The molecule has 1 amide bonds. The first-order valence-electron chi connectivity index (χ1n) is 7.05. The van der Waals surface area contributed by atoms with E-state index in [9.17, 15) is 4.79 Å². The van der Waals surface area contributed by atoms with E-state index in [1.54, 1.807) is 6.20 Å². The lowest BCUT2D eigenvalue weighted by Crippen LogP contribution is -2.49. The number of nitrogens with one attached hydrogen (secondary N) is 1. The predicted octanol–water partition coefficient (Wildman–Crippen LogP) is 0.809. The van der Waals surface area contributed by atoms with Crippen LogP contribution in [0.2, 0.25) is 0 Å². The molecule has 104 valence electrons. The molecule has 5 nitrogen and oxygen atoms in total. The van der Waals surface area contributed by atoms with Gasteiger partial charge in [0.05, 0.1) is 6.61 Å². The Bertz CT molecular complexity index is 404. The van der Waals surface area contributed by atoms with Crippen molar-refractivity contribution in [3.63, 3.8) is 0 Å². The second kappa shape index (κ2) is 5.75. The molecule has 19 heavy (non-hydrogen) atoms. The van der Waals surface area contributed by atoms with Crippen LogP contribution >= 0.6 is 0 Å². The van der Waals surface area contributed by atoms with Crippen molar-refractivity contribution in [1.29, 1.82) is 0 Å². The van der Waals surface area contributed by atoms with Crippen LogP contribution in [0.1, 0.15) is 16.9 Å². The molecule has 2 fully saturated rings. The number of hydrogen-bond donors (Lipinski definition) is 1. The molecule has 1 aromatic heterocycles. The van der Waals surface area contributed by atoms with Crippen LogP contribution in [0.15, 0.2) is 18.3 Å². The molecule has 2 saturated heterocycles. The van der Waals surface area contributed by atoms with Gasteiger partial charge < -0.3 is 14.6 Å². The van der Waals surface area contributed by atoms with E-state index < -0.39 is 0 Å². The number of carbonyl (C=O) groups is 1. The van der Waals surface area contributed by atoms with Gasteiger partial charge in [0.2, 0.25) is 0 Å². The molecule has 5 heteroatoms. The van der Waals surface area contributed by atoms with Gasteiger partial charge in [0.25, 0.3) is 5.91 Å². The van der Waals surface area contributed by atoms with Crippen molar-refractivity contribution in [2.45, 2.75) is 6.42 Å². The number of rotatable bonds is 3. The van der Waals surface area contributed by atoms with Crippen molar-refractivity contribution in [2.75, 3.05) is 45.9 Å². The summed E-state index contributed by atoms with van der Waals surface area (Å²) in [5.74, 6) is 0.805. The van der Waals surface area contributed by atoms with Gasteiger partial charge in [0.1, 0.15) is 5.69 Å². The summed E-state index contributed by atoms with van der Waals surface area (Å²) in [6, 6.07) is 3.70. The van der Waals surface area contributed by atoms with Crippen LogP contribution in [0, 0.1) is 5.92 Å². The fraction of sp³-hybridized carbons (Fsp3) is 0.643. The molecule has 0 radical (unpaired) electrons. The van der Waals surface area contributed by atoms with Gasteiger partial charge in [-0.05, 0) is 24.5 Å². The molecule has 3 rings (SSSR count). The predicted molar refractivity (Wildman–Crippen MR) is 72.1 cm³/mol. The molecule has 0 bridgehead atoms. The summed E-state index contributed by atoms with van der Waals surface area (Å²) < 4.78 is 5.41. The largest absolute Gasteiger partial charge is 0.381 e. The summed E-state index contributed by atoms with van der Waals surface area (Å²) in [5, 5.41) is 0. The van der Waals surface area contributed by atoms with Gasteiger partial charge in [-0.1, -0.05) is 0 Å². The average molecular weight is 263 g/mol. The van der Waals surface area contributed by atoms with E-state index in [0.29, 0.717) is 11.6 Å². The Kier molecular flexibility index (Phi) is 3.84. The third-order valence-corrected chi connectivity index (χ3v) is 4.03. The smallest absolute Gasteiger partial charge is 0.270 e. The van der Waals surface area contributed by atoms with Crippen LogP contribution in [-0.2, 0) is 4.74 Å². The normalized spacial score (nSPS) is 24.8. The number of piperazine rings is 1. The van der Waals surface area contributed by atoms with E-state index in [2.05, 4.69) is 9.88 Å². The van der Waals surface area contributed by atoms with E-state index in [1.165, 1.54) is 6.42 Å². The Morgan fingerprint density at radius 1 is 1.37 bits per heavy atom. The molecule has 2 aliphatic heterocycles. The van der Waals surface area contributed by atoms with Crippen LogP contribution in [-0.4, -0.2) is 66.6 Å². The van der Waals surface area contributed by atoms with Gasteiger partial charge in [0, 0.05) is 45.5 Å². The van der Waals surface area contributed by atoms with Crippen LogP contribution < -0.4 is 0 Å². The van der Waals surface area contributed by atoms with Crippen molar-refractivity contribution in [3.05, 3.63) is 24.0 Å². The van der Waals surface area contributed by atoms with Crippen LogP contribution in [0.3, 0.4) is 0 Å². The van der Waals surface area contributed by atoms with Crippen molar-refractivity contribution in [1.82, 2.24) is 14.8 Å². The number of H-pyrrole nitrogens is 1. The second-order valence-electron chi connectivity index (χ2n) is 5.41. The van der Waals surface area contributed by atoms with Crippen molar-refractivity contribution in [2.24, 2.45) is 5.92 Å². The topological polar surface area (TPSA) is 48.6 Å². The molecule has 0 saturated carbocycles. The summed E-state index contributed by atoms with van der Waals surface area (Å²) in [4.78, 5) is 19.5. The summed E-state index contributed by atoms with van der Waals surface area (Å²) >= 11 is 0. The number of aromatic amines is 1. The molecule has 2 aliphatic rings. The highest BCUT2D eigenvalue weighted by Gasteiger charge is 2.25. The lowest BCUT2D eigenvalue weighted by Gasteiger charge is -2.35. The van der Waals surface area contributed by atoms with Crippen molar-refractivity contribution >= 4 is 5.91 Å². The maximum Gasteiger partial charge on any atom is 0.270 e. The minimum atomic E-state index is 0.119. The van der Waals surface area contributed by atoms with Crippen LogP contribution in [0.5, 0.6) is 0 Å². The zero-order valence-electron chi connectivity index (χ0n) is 11.2. The molecular weight excluding hydrogens is 242 g/mol. The molecule has 3 heterocycles. The molecule has 0 aliphatic carbocycles. The highest BCUT2D eigenvalue weighted by Crippen LogP contribution is 2.15. The quantitative estimate of drug-likeness (QED) is 0.878. The Morgan fingerprint density at radius 2 is 2.21 bits per heavy atom. The number of hydrogen-bond acceptors (Lipinski definition) is 3. The van der Waals surface area contributed by atoms with E-state index in [1.807, 2.05) is 17.0 Å². The van der Waals surface area contributed by atoms with Gasteiger partial charge in [-0.2, -0.15) is 0 Å².